The molecular formula is C22H21N5O4S. The molecule has 2 aromatic heterocycles. The number of fused-ring (bicyclic) bond motifs is 3. The monoisotopic (exact) mass is 451 g/mol. The summed E-state index contributed by atoms with van der Waals surface area (Å²) < 4.78 is 8.01. The van der Waals surface area contributed by atoms with Gasteiger partial charge in [0.25, 0.3) is 5.56 Å². The summed E-state index contributed by atoms with van der Waals surface area (Å²) >= 11 is 1.11. The first-order valence-corrected chi connectivity index (χ1v) is 10.9. The van der Waals surface area contributed by atoms with Crippen LogP contribution in [0.2, 0.25) is 0 Å². The number of imide groups is 1. The molecule has 10 heteroatoms. The SMILES string of the molecule is CCOC(=O)NC(=O)CSc1nnc2n(-c3ccc(C)cc3C)c(=O)c3ccccc3n12. The molecule has 2 amide bonds. The second-order valence-corrected chi connectivity index (χ2v) is 8.07. The fourth-order valence-electron chi connectivity index (χ4n) is 3.49. The minimum absolute atomic E-state index is 0.0728. The van der Waals surface area contributed by atoms with Gasteiger partial charge < -0.3 is 4.74 Å². The molecule has 9 nitrogen and oxygen atoms in total. The van der Waals surface area contributed by atoms with E-state index in [2.05, 4.69) is 15.5 Å². The summed E-state index contributed by atoms with van der Waals surface area (Å²) in [7, 11) is 0. The fraction of sp³-hybridized carbons (Fsp3) is 0.227. The Morgan fingerprint density at radius 1 is 1.12 bits per heavy atom. The molecule has 4 rings (SSSR count). The molecule has 0 aliphatic rings. The minimum Gasteiger partial charge on any atom is -0.450 e. The van der Waals surface area contributed by atoms with Gasteiger partial charge in [0, 0.05) is 0 Å². The molecule has 0 spiro atoms. The van der Waals surface area contributed by atoms with Gasteiger partial charge in [0.1, 0.15) is 0 Å². The highest BCUT2D eigenvalue weighted by atomic mass is 32.2. The highest BCUT2D eigenvalue weighted by Crippen LogP contribution is 2.24. The van der Waals surface area contributed by atoms with Crippen LogP contribution in [0, 0.1) is 13.8 Å². The molecule has 1 N–H and O–H groups in total. The van der Waals surface area contributed by atoms with Gasteiger partial charge in [0.05, 0.1) is 29.0 Å². The molecule has 0 fully saturated rings. The third kappa shape index (κ3) is 3.96. The predicted molar refractivity (Wildman–Crippen MR) is 121 cm³/mol. The third-order valence-electron chi connectivity index (χ3n) is 4.84. The zero-order valence-electron chi connectivity index (χ0n) is 17.8. The van der Waals surface area contributed by atoms with Gasteiger partial charge >= 0.3 is 6.09 Å². The average molecular weight is 452 g/mol. The van der Waals surface area contributed by atoms with E-state index in [0.29, 0.717) is 27.5 Å². The highest BCUT2D eigenvalue weighted by molar-refractivity contribution is 7.99. The molecule has 0 bridgehead atoms. The van der Waals surface area contributed by atoms with Crippen LogP contribution in [0.5, 0.6) is 0 Å². The lowest BCUT2D eigenvalue weighted by atomic mass is 10.1. The maximum Gasteiger partial charge on any atom is 0.413 e. The van der Waals surface area contributed by atoms with Gasteiger partial charge in [-0.2, -0.15) is 0 Å². The van der Waals surface area contributed by atoms with Crippen molar-refractivity contribution in [2.75, 3.05) is 12.4 Å². The zero-order valence-corrected chi connectivity index (χ0v) is 18.6. The van der Waals surface area contributed by atoms with Crippen LogP contribution < -0.4 is 10.9 Å². The number of aromatic nitrogens is 4. The molecule has 164 valence electrons. The Balaban J connectivity index is 1.82. The fourth-order valence-corrected chi connectivity index (χ4v) is 4.23. The molecule has 0 saturated heterocycles. The molecule has 0 atom stereocenters. The summed E-state index contributed by atoms with van der Waals surface area (Å²) in [5, 5.41) is 11.6. The number of carbonyl (C=O) groups is 2. The van der Waals surface area contributed by atoms with E-state index < -0.39 is 12.0 Å². The van der Waals surface area contributed by atoms with Crippen molar-refractivity contribution in [3.05, 3.63) is 63.9 Å². The van der Waals surface area contributed by atoms with Crippen LogP contribution in [0.25, 0.3) is 22.4 Å². The number of thioether (sulfide) groups is 1. The summed E-state index contributed by atoms with van der Waals surface area (Å²) in [5.74, 6) is -0.248. The molecule has 0 radical (unpaired) electrons. The first kappa shape index (κ1) is 21.6. The number of nitrogens with zero attached hydrogens (tertiary/aromatic N) is 4. The Kier molecular flexibility index (Phi) is 5.95. The first-order chi connectivity index (χ1) is 15.4. The van der Waals surface area contributed by atoms with E-state index in [1.165, 1.54) is 4.57 Å². The number of hydrogen-bond donors (Lipinski definition) is 1. The van der Waals surface area contributed by atoms with E-state index in [0.717, 1.165) is 22.9 Å². The second-order valence-electron chi connectivity index (χ2n) is 7.12. The van der Waals surface area contributed by atoms with Gasteiger partial charge in [0.2, 0.25) is 11.7 Å². The smallest absolute Gasteiger partial charge is 0.413 e. The van der Waals surface area contributed by atoms with Crippen molar-refractivity contribution in [2.24, 2.45) is 0 Å². The Hall–Kier alpha value is -3.66. The maximum atomic E-state index is 13.4. The minimum atomic E-state index is -0.793. The summed E-state index contributed by atoms with van der Waals surface area (Å²) in [6, 6.07) is 13.0. The van der Waals surface area contributed by atoms with Crippen molar-refractivity contribution in [2.45, 2.75) is 25.9 Å². The van der Waals surface area contributed by atoms with Crippen molar-refractivity contribution in [1.82, 2.24) is 24.5 Å². The van der Waals surface area contributed by atoms with E-state index in [4.69, 9.17) is 4.74 Å². The normalized spacial score (nSPS) is 11.1. The quantitative estimate of drug-likeness (QED) is 0.465. The average Bonchev–Trinajstić information content (AvgIpc) is 3.18. The summed E-state index contributed by atoms with van der Waals surface area (Å²) in [6.45, 7) is 5.75. The van der Waals surface area contributed by atoms with Gasteiger partial charge in [-0.1, -0.05) is 41.6 Å². The van der Waals surface area contributed by atoms with Crippen LogP contribution in [0.15, 0.2) is 52.4 Å². The molecular weight excluding hydrogens is 430 g/mol. The number of para-hydroxylation sites is 1. The largest absolute Gasteiger partial charge is 0.450 e. The van der Waals surface area contributed by atoms with Gasteiger partial charge in [0.15, 0.2) is 5.16 Å². The number of alkyl carbamates (subject to hydrolysis) is 1. The third-order valence-corrected chi connectivity index (χ3v) is 5.77. The van der Waals surface area contributed by atoms with Crippen LogP contribution >= 0.6 is 11.8 Å². The lowest BCUT2D eigenvalue weighted by Gasteiger charge is -2.13. The first-order valence-electron chi connectivity index (χ1n) is 9.96. The highest BCUT2D eigenvalue weighted by Gasteiger charge is 2.20. The number of nitrogens with one attached hydrogen (secondary N) is 1. The van der Waals surface area contributed by atoms with Gasteiger partial charge in [-0.3, -0.25) is 19.3 Å². The Bertz CT molecular complexity index is 1410. The maximum absolute atomic E-state index is 13.4. The van der Waals surface area contributed by atoms with Crippen LogP contribution in [0.3, 0.4) is 0 Å². The Labute approximate surface area is 187 Å². The molecule has 0 aliphatic carbocycles. The molecule has 0 unspecified atom stereocenters. The number of benzene rings is 2. The van der Waals surface area contributed by atoms with Crippen LogP contribution in [0.4, 0.5) is 4.79 Å². The Morgan fingerprint density at radius 2 is 1.91 bits per heavy atom. The summed E-state index contributed by atoms with van der Waals surface area (Å²) in [4.78, 5) is 37.0. The zero-order chi connectivity index (χ0) is 22.8. The van der Waals surface area contributed by atoms with Gasteiger partial charge in [-0.05, 0) is 44.5 Å². The molecule has 4 aromatic rings. The van der Waals surface area contributed by atoms with E-state index >= 15 is 0 Å². The Morgan fingerprint density at radius 3 is 2.66 bits per heavy atom. The molecule has 32 heavy (non-hydrogen) atoms. The van der Waals surface area contributed by atoms with E-state index in [1.54, 1.807) is 23.5 Å². The summed E-state index contributed by atoms with van der Waals surface area (Å²) in [6.07, 6.45) is -0.793. The number of aryl methyl sites for hydroxylation is 2. The van der Waals surface area contributed by atoms with Crippen LogP contribution in [0.1, 0.15) is 18.1 Å². The molecule has 2 aromatic carbocycles. The second kappa shape index (κ2) is 8.83. The van der Waals surface area contributed by atoms with Gasteiger partial charge in [-0.25, -0.2) is 9.36 Å². The standard InChI is InChI=1S/C22H21N5O4S/c1-4-31-22(30)23-18(28)12-32-21-25-24-20-26(16-10-9-13(2)11-14(16)3)19(29)15-7-5-6-8-17(15)27(20)21/h5-11H,4,12H2,1-3H3,(H,23,28,30). The van der Waals surface area contributed by atoms with Crippen molar-refractivity contribution < 1.29 is 14.3 Å². The van der Waals surface area contributed by atoms with Gasteiger partial charge in [-0.15, -0.1) is 10.2 Å². The number of rotatable bonds is 5. The van der Waals surface area contributed by atoms with Crippen molar-refractivity contribution in [3.63, 3.8) is 0 Å². The van der Waals surface area contributed by atoms with Crippen LogP contribution in [-0.2, 0) is 9.53 Å². The van der Waals surface area contributed by atoms with Crippen molar-refractivity contribution >= 4 is 40.4 Å². The summed E-state index contributed by atoms with van der Waals surface area (Å²) in [5.41, 5.74) is 3.15. The van der Waals surface area contributed by atoms with Crippen molar-refractivity contribution in [1.29, 1.82) is 0 Å². The van der Waals surface area contributed by atoms with E-state index in [-0.39, 0.29) is 17.9 Å². The topological polar surface area (TPSA) is 108 Å². The van der Waals surface area contributed by atoms with E-state index in [1.807, 2.05) is 44.2 Å². The number of carbonyl (C=O) groups excluding carboxylic acids is 2. The van der Waals surface area contributed by atoms with Crippen molar-refractivity contribution in [3.8, 4) is 5.69 Å². The van der Waals surface area contributed by atoms with Crippen LogP contribution in [-0.4, -0.2) is 43.5 Å². The van der Waals surface area contributed by atoms with E-state index in [9.17, 15) is 14.4 Å². The lowest BCUT2D eigenvalue weighted by molar-refractivity contribution is -0.117. The predicted octanol–water partition coefficient (Wildman–Crippen LogP) is 3.02. The molecule has 0 saturated carbocycles. The molecule has 0 aliphatic heterocycles. The molecule has 2 heterocycles. The lowest BCUT2D eigenvalue weighted by Crippen LogP contribution is -2.32. The number of ether oxygens (including phenoxy) is 1. The number of amides is 2. The number of hydrogen-bond acceptors (Lipinski definition) is 7.